The molecule has 6 nitrogen and oxygen atoms in total. The van der Waals surface area contributed by atoms with Crippen LogP contribution in [0.2, 0.25) is 0 Å². The van der Waals surface area contributed by atoms with Crippen LogP contribution in [0.5, 0.6) is 0 Å². The minimum atomic E-state index is -1.14. The maximum Gasteiger partial charge on any atom is 0.358 e. The predicted octanol–water partition coefficient (Wildman–Crippen LogP) is 1.45. The molecule has 1 N–H and O–H groups in total. The van der Waals surface area contributed by atoms with E-state index in [1.807, 2.05) is 6.92 Å². The van der Waals surface area contributed by atoms with Gasteiger partial charge in [-0.15, -0.1) is 5.10 Å². The normalized spacial score (nSPS) is 10.6. The molecule has 2 heterocycles. The van der Waals surface area contributed by atoms with E-state index in [1.165, 1.54) is 16.9 Å². The van der Waals surface area contributed by atoms with Crippen molar-refractivity contribution < 1.29 is 14.3 Å². The third-order valence-electron chi connectivity index (χ3n) is 2.39. The number of carbonyl (C=O) groups is 1. The third-order valence-corrected chi connectivity index (χ3v) is 2.39. The van der Waals surface area contributed by atoms with Gasteiger partial charge in [0.2, 0.25) is 0 Å². The fourth-order valence-electron chi connectivity index (χ4n) is 1.65. The van der Waals surface area contributed by atoms with Crippen molar-refractivity contribution in [3.05, 3.63) is 35.7 Å². The molecule has 0 aliphatic heterocycles. The molecule has 7 heteroatoms. The number of halogens is 1. The van der Waals surface area contributed by atoms with E-state index < -0.39 is 11.8 Å². The van der Waals surface area contributed by atoms with Crippen LogP contribution in [0.15, 0.2) is 18.5 Å². The number of aromatic nitrogens is 4. The Morgan fingerprint density at radius 1 is 1.50 bits per heavy atom. The van der Waals surface area contributed by atoms with E-state index in [9.17, 15) is 9.18 Å². The SMILES string of the molecule is CCCc1c(C(=O)O)nnn1-c1cncc(F)c1. The number of rotatable bonds is 4. The fraction of sp³-hybridized carbons (Fsp3) is 0.273. The summed E-state index contributed by atoms with van der Waals surface area (Å²) in [6.45, 7) is 1.91. The van der Waals surface area contributed by atoms with Gasteiger partial charge in [0.1, 0.15) is 5.82 Å². The van der Waals surface area contributed by atoms with Crippen molar-refractivity contribution in [2.75, 3.05) is 0 Å². The smallest absolute Gasteiger partial charge is 0.358 e. The summed E-state index contributed by atoms with van der Waals surface area (Å²) in [6.07, 6.45) is 3.70. The summed E-state index contributed by atoms with van der Waals surface area (Å²) in [5.74, 6) is -1.66. The van der Waals surface area contributed by atoms with Gasteiger partial charge in [-0.05, 0) is 6.42 Å². The van der Waals surface area contributed by atoms with Crippen molar-refractivity contribution in [1.29, 1.82) is 0 Å². The molecule has 0 radical (unpaired) electrons. The molecule has 0 aliphatic carbocycles. The van der Waals surface area contributed by atoms with Crippen LogP contribution in [0.1, 0.15) is 29.5 Å². The average molecular weight is 250 g/mol. The maximum absolute atomic E-state index is 13.1. The quantitative estimate of drug-likeness (QED) is 0.888. The summed E-state index contributed by atoms with van der Waals surface area (Å²) >= 11 is 0. The van der Waals surface area contributed by atoms with Gasteiger partial charge in [0.25, 0.3) is 0 Å². The summed E-state index contributed by atoms with van der Waals surface area (Å²) in [5, 5.41) is 16.4. The molecule has 2 aromatic rings. The Labute approximate surface area is 102 Å². The van der Waals surface area contributed by atoms with Crippen molar-refractivity contribution in [3.8, 4) is 5.69 Å². The summed E-state index contributed by atoms with van der Waals surface area (Å²) in [4.78, 5) is 14.7. The van der Waals surface area contributed by atoms with E-state index in [0.29, 0.717) is 17.8 Å². The van der Waals surface area contributed by atoms with E-state index in [0.717, 1.165) is 12.6 Å². The highest BCUT2D eigenvalue weighted by molar-refractivity contribution is 5.86. The van der Waals surface area contributed by atoms with Gasteiger partial charge >= 0.3 is 5.97 Å². The molecular formula is C11H11FN4O2. The standard InChI is InChI=1S/C11H11FN4O2/c1-2-3-9-10(11(17)18)14-15-16(9)8-4-7(12)5-13-6-8/h4-6H,2-3H2,1H3,(H,17,18). The van der Waals surface area contributed by atoms with E-state index in [-0.39, 0.29) is 5.69 Å². The van der Waals surface area contributed by atoms with Crippen molar-refractivity contribution in [2.24, 2.45) is 0 Å². The van der Waals surface area contributed by atoms with Crippen LogP contribution in [-0.2, 0) is 6.42 Å². The zero-order valence-corrected chi connectivity index (χ0v) is 9.67. The summed E-state index contributed by atoms with van der Waals surface area (Å²) < 4.78 is 14.4. The first-order valence-electron chi connectivity index (χ1n) is 5.42. The number of hydrogen-bond acceptors (Lipinski definition) is 4. The fourth-order valence-corrected chi connectivity index (χ4v) is 1.65. The van der Waals surface area contributed by atoms with Crippen LogP contribution in [0.25, 0.3) is 5.69 Å². The number of nitrogens with zero attached hydrogens (tertiary/aromatic N) is 4. The maximum atomic E-state index is 13.1. The Bertz CT molecular complexity index is 582. The number of pyridine rings is 1. The van der Waals surface area contributed by atoms with Gasteiger partial charge in [-0.1, -0.05) is 18.6 Å². The van der Waals surface area contributed by atoms with Crippen LogP contribution in [-0.4, -0.2) is 31.1 Å². The number of aromatic carboxylic acids is 1. The van der Waals surface area contributed by atoms with E-state index in [1.54, 1.807) is 0 Å². The average Bonchev–Trinajstić information content (AvgIpc) is 2.73. The lowest BCUT2D eigenvalue weighted by atomic mass is 10.2. The molecule has 0 bridgehead atoms. The van der Waals surface area contributed by atoms with Crippen LogP contribution in [0.3, 0.4) is 0 Å². The van der Waals surface area contributed by atoms with Crippen LogP contribution < -0.4 is 0 Å². The zero-order chi connectivity index (χ0) is 13.1. The van der Waals surface area contributed by atoms with Gasteiger partial charge in [0.05, 0.1) is 23.8 Å². The van der Waals surface area contributed by atoms with Gasteiger partial charge < -0.3 is 5.11 Å². The molecule has 0 aromatic carbocycles. The lowest BCUT2D eigenvalue weighted by Crippen LogP contribution is -2.07. The van der Waals surface area contributed by atoms with Gasteiger partial charge in [-0.2, -0.15) is 0 Å². The molecule has 94 valence electrons. The van der Waals surface area contributed by atoms with Gasteiger partial charge in [0, 0.05) is 6.07 Å². The molecule has 18 heavy (non-hydrogen) atoms. The van der Waals surface area contributed by atoms with Gasteiger partial charge in [-0.3, -0.25) is 4.98 Å². The molecular weight excluding hydrogens is 239 g/mol. The molecule has 0 spiro atoms. The number of carboxylic acid groups (broad SMARTS) is 1. The Morgan fingerprint density at radius 3 is 2.89 bits per heavy atom. The Kier molecular flexibility index (Phi) is 3.31. The molecule has 2 aromatic heterocycles. The number of hydrogen-bond donors (Lipinski definition) is 1. The summed E-state index contributed by atoms with van der Waals surface area (Å²) in [6, 6.07) is 1.23. The predicted molar refractivity (Wildman–Crippen MR) is 60.1 cm³/mol. The van der Waals surface area contributed by atoms with Crippen molar-refractivity contribution in [2.45, 2.75) is 19.8 Å². The van der Waals surface area contributed by atoms with E-state index >= 15 is 0 Å². The number of carboxylic acids is 1. The summed E-state index contributed by atoms with van der Waals surface area (Å²) in [5.41, 5.74) is 0.692. The molecule has 2 rings (SSSR count). The molecule has 0 aliphatic rings. The largest absolute Gasteiger partial charge is 0.476 e. The van der Waals surface area contributed by atoms with Gasteiger partial charge in [0.15, 0.2) is 5.69 Å². The highest BCUT2D eigenvalue weighted by Crippen LogP contribution is 2.15. The zero-order valence-electron chi connectivity index (χ0n) is 9.67. The van der Waals surface area contributed by atoms with Gasteiger partial charge in [-0.25, -0.2) is 13.9 Å². The molecule has 0 saturated heterocycles. The van der Waals surface area contributed by atoms with E-state index in [2.05, 4.69) is 15.3 Å². The second-order valence-corrected chi connectivity index (χ2v) is 3.71. The molecule has 0 saturated carbocycles. The first-order chi connectivity index (χ1) is 8.63. The van der Waals surface area contributed by atoms with Crippen LogP contribution >= 0.6 is 0 Å². The second kappa shape index (κ2) is 4.91. The Morgan fingerprint density at radius 2 is 2.28 bits per heavy atom. The highest BCUT2D eigenvalue weighted by atomic mass is 19.1. The monoisotopic (exact) mass is 250 g/mol. The Hall–Kier alpha value is -2.31. The van der Waals surface area contributed by atoms with Crippen molar-refractivity contribution in [3.63, 3.8) is 0 Å². The molecule has 0 atom stereocenters. The van der Waals surface area contributed by atoms with E-state index in [4.69, 9.17) is 5.11 Å². The van der Waals surface area contributed by atoms with Crippen LogP contribution in [0, 0.1) is 5.82 Å². The summed E-state index contributed by atoms with van der Waals surface area (Å²) in [7, 11) is 0. The lowest BCUT2D eigenvalue weighted by molar-refractivity contribution is 0.0689. The second-order valence-electron chi connectivity index (χ2n) is 3.71. The third kappa shape index (κ3) is 2.20. The first kappa shape index (κ1) is 12.2. The van der Waals surface area contributed by atoms with Crippen molar-refractivity contribution in [1.82, 2.24) is 20.0 Å². The molecule has 0 fully saturated rings. The minimum Gasteiger partial charge on any atom is -0.476 e. The molecule has 0 unspecified atom stereocenters. The van der Waals surface area contributed by atoms with Crippen molar-refractivity contribution >= 4 is 5.97 Å². The molecule has 0 amide bonds. The minimum absolute atomic E-state index is 0.110. The van der Waals surface area contributed by atoms with Crippen LogP contribution in [0.4, 0.5) is 4.39 Å². The Balaban J connectivity index is 2.54. The lowest BCUT2D eigenvalue weighted by Gasteiger charge is -2.05. The topological polar surface area (TPSA) is 80.9 Å². The highest BCUT2D eigenvalue weighted by Gasteiger charge is 2.19. The first-order valence-corrected chi connectivity index (χ1v) is 5.42.